The van der Waals surface area contributed by atoms with Crippen LogP contribution in [0.25, 0.3) is 0 Å². The fourth-order valence-electron chi connectivity index (χ4n) is 2.31. The number of hydrogen-bond acceptors (Lipinski definition) is 5. The van der Waals surface area contributed by atoms with Crippen LogP contribution >= 0.6 is 11.3 Å². The number of anilines is 1. The van der Waals surface area contributed by atoms with Crippen LogP contribution in [0, 0.1) is 11.6 Å². The van der Waals surface area contributed by atoms with Crippen LogP contribution in [-0.4, -0.2) is 43.9 Å². The molecule has 1 aromatic heterocycles. The molecule has 22 heavy (non-hydrogen) atoms. The van der Waals surface area contributed by atoms with Gasteiger partial charge in [0.05, 0.1) is 0 Å². The molecule has 0 aliphatic carbocycles. The number of hydrogen-bond donors (Lipinski definition) is 0. The summed E-state index contributed by atoms with van der Waals surface area (Å²) in [6.45, 7) is 1.34. The zero-order valence-corrected chi connectivity index (χ0v) is 13.1. The molecule has 1 aliphatic heterocycles. The van der Waals surface area contributed by atoms with Crippen molar-refractivity contribution < 1.29 is 17.2 Å². The first-order valence-electron chi connectivity index (χ1n) is 6.58. The first kappa shape index (κ1) is 15.3. The Bertz CT molecular complexity index is 758. The lowest BCUT2D eigenvalue weighted by molar-refractivity contribution is 0.382. The Hall–Kier alpha value is -1.58. The highest BCUT2D eigenvalue weighted by atomic mass is 32.2. The Morgan fingerprint density at radius 1 is 1.14 bits per heavy atom. The van der Waals surface area contributed by atoms with Crippen molar-refractivity contribution in [3.05, 3.63) is 41.4 Å². The number of halogens is 2. The second-order valence-corrected chi connectivity index (χ2v) is 7.56. The van der Waals surface area contributed by atoms with Gasteiger partial charge < -0.3 is 4.90 Å². The first-order valence-corrected chi connectivity index (χ1v) is 8.90. The fraction of sp³-hybridized carbons (Fsp3) is 0.308. The van der Waals surface area contributed by atoms with Gasteiger partial charge in [0.15, 0.2) is 5.13 Å². The molecule has 0 spiro atoms. The van der Waals surface area contributed by atoms with Crippen molar-refractivity contribution in [2.24, 2.45) is 0 Å². The van der Waals surface area contributed by atoms with Crippen molar-refractivity contribution in [2.45, 2.75) is 4.90 Å². The van der Waals surface area contributed by atoms with E-state index in [4.69, 9.17) is 0 Å². The Kier molecular flexibility index (Phi) is 4.11. The van der Waals surface area contributed by atoms with Crippen molar-refractivity contribution in [3.63, 3.8) is 0 Å². The van der Waals surface area contributed by atoms with Crippen LogP contribution in [0.2, 0.25) is 0 Å². The molecule has 3 rings (SSSR count). The number of rotatable bonds is 3. The molecule has 1 fully saturated rings. The third-order valence-electron chi connectivity index (χ3n) is 3.44. The summed E-state index contributed by atoms with van der Waals surface area (Å²) in [7, 11) is -4.03. The lowest BCUT2D eigenvalue weighted by Crippen LogP contribution is -2.48. The SMILES string of the molecule is O=S(=O)(c1cc(F)ccc1F)N1CCN(c2nccs2)CC1. The van der Waals surface area contributed by atoms with Gasteiger partial charge in [-0.3, -0.25) is 0 Å². The van der Waals surface area contributed by atoms with Crippen molar-refractivity contribution in [1.29, 1.82) is 0 Å². The third-order valence-corrected chi connectivity index (χ3v) is 6.19. The van der Waals surface area contributed by atoms with E-state index >= 15 is 0 Å². The van der Waals surface area contributed by atoms with Crippen LogP contribution in [0.4, 0.5) is 13.9 Å². The topological polar surface area (TPSA) is 53.5 Å². The summed E-state index contributed by atoms with van der Waals surface area (Å²) >= 11 is 1.48. The van der Waals surface area contributed by atoms with E-state index in [1.54, 1.807) is 6.20 Å². The van der Waals surface area contributed by atoms with E-state index in [9.17, 15) is 17.2 Å². The van der Waals surface area contributed by atoms with Gasteiger partial charge in [-0.15, -0.1) is 11.3 Å². The van der Waals surface area contributed by atoms with Crippen molar-refractivity contribution in [3.8, 4) is 0 Å². The maximum Gasteiger partial charge on any atom is 0.246 e. The normalized spacial score (nSPS) is 16.9. The van der Waals surface area contributed by atoms with Crippen LogP contribution in [0.3, 0.4) is 0 Å². The number of sulfonamides is 1. The molecule has 118 valence electrons. The van der Waals surface area contributed by atoms with Gasteiger partial charge in [-0.1, -0.05) is 0 Å². The van der Waals surface area contributed by atoms with Gasteiger partial charge in [0, 0.05) is 37.8 Å². The van der Waals surface area contributed by atoms with E-state index in [1.807, 2.05) is 10.3 Å². The molecule has 5 nitrogen and oxygen atoms in total. The first-order chi connectivity index (χ1) is 10.5. The smallest absolute Gasteiger partial charge is 0.246 e. The van der Waals surface area contributed by atoms with Crippen LogP contribution in [-0.2, 0) is 10.0 Å². The van der Waals surface area contributed by atoms with Crippen LogP contribution < -0.4 is 4.90 Å². The van der Waals surface area contributed by atoms with Gasteiger partial charge in [-0.25, -0.2) is 22.2 Å². The average molecular weight is 345 g/mol. The zero-order chi connectivity index (χ0) is 15.7. The standard InChI is InChI=1S/C13H13F2N3O2S2/c14-10-1-2-11(15)12(9-10)22(19,20)18-6-4-17(5-7-18)13-16-3-8-21-13/h1-3,8-9H,4-7H2. The molecule has 0 atom stereocenters. The Morgan fingerprint density at radius 2 is 1.86 bits per heavy atom. The summed E-state index contributed by atoms with van der Waals surface area (Å²) in [5.74, 6) is -1.72. The highest BCUT2D eigenvalue weighted by molar-refractivity contribution is 7.89. The molecule has 0 saturated carbocycles. The van der Waals surface area contributed by atoms with E-state index in [0.29, 0.717) is 13.1 Å². The Morgan fingerprint density at radius 3 is 2.50 bits per heavy atom. The van der Waals surface area contributed by atoms with Crippen molar-refractivity contribution >= 4 is 26.5 Å². The molecule has 0 N–H and O–H groups in total. The molecular formula is C13H13F2N3O2S2. The number of thiazole rings is 1. The molecule has 2 heterocycles. The summed E-state index contributed by atoms with van der Waals surface area (Å²) in [5, 5.41) is 2.68. The predicted molar refractivity (Wildman–Crippen MR) is 79.4 cm³/mol. The van der Waals surface area contributed by atoms with E-state index in [0.717, 1.165) is 23.3 Å². The van der Waals surface area contributed by atoms with Gasteiger partial charge in [-0.2, -0.15) is 4.31 Å². The molecular weight excluding hydrogens is 332 g/mol. The molecule has 0 unspecified atom stereocenters. The second-order valence-electron chi connectivity index (χ2n) is 4.78. The minimum atomic E-state index is -4.03. The van der Waals surface area contributed by atoms with Gasteiger partial charge in [-0.05, 0) is 18.2 Å². The monoisotopic (exact) mass is 345 g/mol. The second kappa shape index (κ2) is 5.90. The molecule has 1 aliphatic rings. The summed E-state index contributed by atoms with van der Waals surface area (Å²) in [6.07, 6.45) is 1.69. The lowest BCUT2D eigenvalue weighted by atomic mass is 10.3. The lowest BCUT2D eigenvalue weighted by Gasteiger charge is -2.33. The third kappa shape index (κ3) is 2.83. The van der Waals surface area contributed by atoms with Gasteiger partial charge in [0.1, 0.15) is 16.5 Å². The Labute approximate surface area is 130 Å². The number of piperazine rings is 1. The van der Waals surface area contributed by atoms with Gasteiger partial charge >= 0.3 is 0 Å². The molecule has 1 aromatic carbocycles. The predicted octanol–water partition coefficient (Wildman–Crippen LogP) is 1.93. The fourth-order valence-corrected chi connectivity index (χ4v) is 4.50. The van der Waals surface area contributed by atoms with Crippen molar-refractivity contribution in [2.75, 3.05) is 31.1 Å². The van der Waals surface area contributed by atoms with Crippen LogP contribution in [0.1, 0.15) is 0 Å². The van der Waals surface area contributed by atoms with Gasteiger partial charge in [0.2, 0.25) is 10.0 Å². The summed E-state index contributed by atoms with van der Waals surface area (Å²) in [6, 6.07) is 2.45. The minimum Gasteiger partial charge on any atom is -0.345 e. The van der Waals surface area contributed by atoms with E-state index in [-0.39, 0.29) is 13.1 Å². The minimum absolute atomic E-state index is 0.206. The zero-order valence-electron chi connectivity index (χ0n) is 11.4. The average Bonchev–Trinajstić information content (AvgIpc) is 3.04. The highest BCUT2D eigenvalue weighted by Gasteiger charge is 2.31. The van der Waals surface area contributed by atoms with Gasteiger partial charge in [0.25, 0.3) is 0 Å². The van der Waals surface area contributed by atoms with Crippen LogP contribution in [0.5, 0.6) is 0 Å². The Balaban J connectivity index is 1.79. The quantitative estimate of drug-likeness (QED) is 0.853. The molecule has 1 saturated heterocycles. The van der Waals surface area contributed by atoms with E-state index < -0.39 is 26.6 Å². The molecule has 0 bridgehead atoms. The van der Waals surface area contributed by atoms with E-state index in [2.05, 4.69) is 4.98 Å². The number of nitrogens with zero attached hydrogens (tertiary/aromatic N) is 3. The van der Waals surface area contributed by atoms with E-state index in [1.165, 1.54) is 15.6 Å². The maximum atomic E-state index is 13.7. The van der Waals surface area contributed by atoms with Crippen molar-refractivity contribution in [1.82, 2.24) is 9.29 Å². The summed E-state index contributed by atoms with van der Waals surface area (Å²) < 4.78 is 53.0. The number of aromatic nitrogens is 1. The number of benzene rings is 1. The highest BCUT2D eigenvalue weighted by Crippen LogP contribution is 2.24. The van der Waals surface area contributed by atoms with Crippen LogP contribution in [0.15, 0.2) is 34.7 Å². The summed E-state index contributed by atoms with van der Waals surface area (Å²) in [5.41, 5.74) is 0. The molecule has 0 amide bonds. The maximum absolute atomic E-state index is 13.7. The molecule has 2 aromatic rings. The largest absolute Gasteiger partial charge is 0.345 e. The summed E-state index contributed by atoms with van der Waals surface area (Å²) in [4.78, 5) is 5.53. The molecule has 9 heteroatoms. The molecule has 0 radical (unpaired) electrons.